The third kappa shape index (κ3) is 1.79. The number of hydrogen-bond acceptors (Lipinski definition) is 3. The Labute approximate surface area is 72.1 Å². The van der Waals surface area contributed by atoms with Crippen LogP contribution >= 0.6 is 0 Å². The average Bonchev–Trinajstić information content (AvgIpc) is 2.08. The summed E-state index contributed by atoms with van der Waals surface area (Å²) in [5, 5.41) is 8.50. The molecule has 0 aliphatic heterocycles. The molecular formula is C9H11N3. The van der Waals surface area contributed by atoms with Crippen molar-refractivity contribution in [2.75, 3.05) is 0 Å². The van der Waals surface area contributed by atoms with Crippen molar-refractivity contribution >= 4 is 0 Å². The summed E-state index contributed by atoms with van der Waals surface area (Å²) in [6, 6.07) is 2.10. The average molecular weight is 161 g/mol. The Morgan fingerprint density at radius 1 is 1.58 bits per heavy atom. The molecule has 0 N–H and O–H groups in total. The normalized spacial score (nSPS) is 9.42. The van der Waals surface area contributed by atoms with E-state index in [1.807, 2.05) is 13.8 Å². The van der Waals surface area contributed by atoms with E-state index in [1.165, 1.54) is 0 Å². The predicted octanol–water partition coefficient (Wildman–Crippen LogP) is 1.41. The highest BCUT2D eigenvalue weighted by atomic mass is 14.9. The lowest BCUT2D eigenvalue weighted by Gasteiger charge is -2.02. The Hall–Kier alpha value is -1.43. The largest absolute Gasteiger partial charge is 0.241 e. The summed E-state index contributed by atoms with van der Waals surface area (Å²) in [6.07, 6.45) is 3.01. The van der Waals surface area contributed by atoms with E-state index >= 15 is 0 Å². The van der Waals surface area contributed by atoms with Gasteiger partial charge >= 0.3 is 0 Å². The molecule has 0 fully saturated rings. The maximum atomic E-state index is 8.50. The van der Waals surface area contributed by atoms with Gasteiger partial charge in [-0.25, -0.2) is 9.97 Å². The van der Waals surface area contributed by atoms with Crippen molar-refractivity contribution in [3.05, 3.63) is 23.3 Å². The van der Waals surface area contributed by atoms with E-state index in [2.05, 4.69) is 16.0 Å². The molecule has 1 rings (SSSR count). The summed E-state index contributed by atoms with van der Waals surface area (Å²) in [5.41, 5.74) is 1.94. The lowest BCUT2D eigenvalue weighted by molar-refractivity contribution is 0.912. The highest BCUT2D eigenvalue weighted by molar-refractivity contribution is 5.20. The number of nitrogens with zero attached hydrogens (tertiary/aromatic N) is 3. The van der Waals surface area contributed by atoms with Crippen molar-refractivity contribution in [3.63, 3.8) is 0 Å². The zero-order chi connectivity index (χ0) is 8.97. The Balaban J connectivity index is 3.04. The zero-order valence-electron chi connectivity index (χ0n) is 7.33. The van der Waals surface area contributed by atoms with Crippen LogP contribution in [0.25, 0.3) is 0 Å². The molecule has 12 heavy (non-hydrogen) atoms. The van der Waals surface area contributed by atoms with E-state index in [4.69, 9.17) is 5.26 Å². The van der Waals surface area contributed by atoms with Gasteiger partial charge in [-0.05, 0) is 13.3 Å². The fourth-order valence-electron chi connectivity index (χ4n) is 1.08. The molecule has 0 amide bonds. The molecule has 0 spiro atoms. The topological polar surface area (TPSA) is 49.6 Å². The SMILES string of the molecule is CCc1nc(C)ncc1CC#N. The highest BCUT2D eigenvalue weighted by Gasteiger charge is 2.01. The number of aryl methyl sites for hydroxylation is 2. The number of nitriles is 1. The summed E-state index contributed by atoms with van der Waals surface area (Å²) < 4.78 is 0. The summed E-state index contributed by atoms with van der Waals surface area (Å²) in [6.45, 7) is 3.89. The number of hydrogen-bond donors (Lipinski definition) is 0. The molecule has 0 saturated heterocycles. The molecule has 0 aliphatic carbocycles. The number of aromatic nitrogens is 2. The minimum atomic E-state index is 0.406. The van der Waals surface area contributed by atoms with Crippen molar-refractivity contribution in [2.24, 2.45) is 0 Å². The standard InChI is InChI=1S/C9H11N3/c1-3-9-8(4-5-10)6-11-7(2)12-9/h6H,3-4H2,1-2H3. The Kier molecular flexibility index (Phi) is 2.76. The van der Waals surface area contributed by atoms with Crippen LogP contribution in [0.3, 0.4) is 0 Å². The Morgan fingerprint density at radius 2 is 2.33 bits per heavy atom. The van der Waals surface area contributed by atoms with Crippen LogP contribution in [0.4, 0.5) is 0 Å². The minimum Gasteiger partial charge on any atom is -0.241 e. The molecule has 0 unspecified atom stereocenters. The van der Waals surface area contributed by atoms with Crippen LogP contribution in [0.1, 0.15) is 24.0 Å². The molecule has 0 aromatic carbocycles. The fourth-order valence-corrected chi connectivity index (χ4v) is 1.08. The second kappa shape index (κ2) is 3.82. The third-order valence-electron chi connectivity index (χ3n) is 1.68. The van der Waals surface area contributed by atoms with Crippen LogP contribution in [-0.4, -0.2) is 9.97 Å². The zero-order valence-corrected chi connectivity index (χ0v) is 7.33. The van der Waals surface area contributed by atoms with Crippen molar-refractivity contribution in [1.82, 2.24) is 9.97 Å². The van der Waals surface area contributed by atoms with Crippen LogP contribution in [0.2, 0.25) is 0 Å². The van der Waals surface area contributed by atoms with Crippen LogP contribution < -0.4 is 0 Å². The van der Waals surface area contributed by atoms with E-state index in [1.54, 1.807) is 6.20 Å². The molecule has 62 valence electrons. The van der Waals surface area contributed by atoms with Crippen molar-refractivity contribution in [1.29, 1.82) is 5.26 Å². The second-order valence-electron chi connectivity index (χ2n) is 2.58. The molecule has 1 aromatic heterocycles. The van der Waals surface area contributed by atoms with Gasteiger partial charge in [0.2, 0.25) is 0 Å². The summed E-state index contributed by atoms with van der Waals surface area (Å²) in [7, 11) is 0. The highest BCUT2D eigenvalue weighted by Crippen LogP contribution is 2.06. The van der Waals surface area contributed by atoms with Gasteiger partial charge in [-0.1, -0.05) is 6.92 Å². The second-order valence-corrected chi connectivity index (χ2v) is 2.58. The molecule has 1 aromatic rings. The van der Waals surface area contributed by atoms with Gasteiger partial charge in [0.1, 0.15) is 5.82 Å². The van der Waals surface area contributed by atoms with Crippen LogP contribution in [0.5, 0.6) is 0 Å². The smallest absolute Gasteiger partial charge is 0.125 e. The summed E-state index contributed by atoms with van der Waals surface area (Å²) >= 11 is 0. The molecule has 0 saturated carbocycles. The van der Waals surface area contributed by atoms with Gasteiger partial charge in [-0.3, -0.25) is 0 Å². The van der Waals surface area contributed by atoms with Crippen LogP contribution in [0.15, 0.2) is 6.20 Å². The molecular weight excluding hydrogens is 150 g/mol. The third-order valence-corrected chi connectivity index (χ3v) is 1.68. The molecule has 0 atom stereocenters. The minimum absolute atomic E-state index is 0.406. The van der Waals surface area contributed by atoms with Gasteiger partial charge in [0, 0.05) is 17.5 Å². The molecule has 3 nitrogen and oxygen atoms in total. The number of rotatable bonds is 2. The van der Waals surface area contributed by atoms with Gasteiger partial charge < -0.3 is 0 Å². The molecule has 0 radical (unpaired) electrons. The molecule has 1 heterocycles. The molecule has 0 bridgehead atoms. The predicted molar refractivity (Wildman–Crippen MR) is 45.5 cm³/mol. The molecule has 0 aliphatic rings. The maximum absolute atomic E-state index is 8.50. The van der Waals surface area contributed by atoms with Gasteiger partial charge in [0.25, 0.3) is 0 Å². The first-order valence-corrected chi connectivity index (χ1v) is 3.96. The van der Waals surface area contributed by atoms with Crippen LogP contribution in [0, 0.1) is 18.3 Å². The Bertz CT molecular complexity index is 312. The molecule has 3 heteroatoms. The quantitative estimate of drug-likeness (QED) is 0.659. The maximum Gasteiger partial charge on any atom is 0.125 e. The van der Waals surface area contributed by atoms with Gasteiger partial charge in [0.15, 0.2) is 0 Å². The van der Waals surface area contributed by atoms with Crippen LogP contribution in [-0.2, 0) is 12.8 Å². The monoisotopic (exact) mass is 161 g/mol. The van der Waals surface area contributed by atoms with E-state index in [0.717, 1.165) is 23.5 Å². The lowest BCUT2D eigenvalue weighted by Crippen LogP contribution is -1.99. The van der Waals surface area contributed by atoms with Gasteiger partial charge in [-0.15, -0.1) is 0 Å². The van der Waals surface area contributed by atoms with E-state index in [0.29, 0.717) is 6.42 Å². The summed E-state index contributed by atoms with van der Waals surface area (Å²) in [4.78, 5) is 8.29. The first-order valence-electron chi connectivity index (χ1n) is 3.96. The van der Waals surface area contributed by atoms with E-state index in [9.17, 15) is 0 Å². The lowest BCUT2D eigenvalue weighted by atomic mass is 10.1. The Morgan fingerprint density at radius 3 is 2.92 bits per heavy atom. The first-order chi connectivity index (χ1) is 5.77. The fraction of sp³-hybridized carbons (Fsp3) is 0.444. The first kappa shape index (κ1) is 8.66. The van der Waals surface area contributed by atoms with E-state index < -0.39 is 0 Å². The van der Waals surface area contributed by atoms with Gasteiger partial charge in [0.05, 0.1) is 12.5 Å². The van der Waals surface area contributed by atoms with Crippen molar-refractivity contribution in [2.45, 2.75) is 26.7 Å². The van der Waals surface area contributed by atoms with E-state index in [-0.39, 0.29) is 0 Å². The van der Waals surface area contributed by atoms with Crippen molar-refractivity contribution < 1.29 is 0 Å². The summed E-state index contributed by atoms with van der Waals surface area (Å²) in [5.74, 6) is 0.772. The van der Waals surface area contributed by atoms with Gasteiger partial charge in [-0.2, -0.15) is 5.26 Å². The van der Waals surface area contributed by atoms with Crippen molar-refractivity contribution in [3.8, 4) is 6.07 Å².